The summed E-state index contributed by atoms with van der Waals surface area (Å²) in [7, 11) is 0. The average molecular weight is 563 g/mol. The van der Waals surface area contributed by atoms with E-state index in [1.807, 2.05) is 4.90 Å². The zero-order valence-electron chi connectivity index (χ0n) is 22.5. The van der Waals surface area contributed by atoms with E-state index in [2.05, 4.69) is 15.6 Å². The van der Waals surface area contributed by atoms with Crippen LogP contribution in [0.3, 0.4) is 0 Å². The highest BCUT2D eigenvalue weighted by molar-refractivity contribution is 6.07. The number of carbonyl (C=O) groups is 3. The molecule has 0 radical (unpaired) electrons. The smallest absolute Gasteiger partial charge is 0.255 e. The van der Waals surface area contributed by atoms with Gasteiger partial charge in [-0.3, -0.25) is 19.4 Å². The minimum absolute atomic E-state index is 0.0448. The minimum atomic E-state index is -0.808. The van der Waals surface area contributed by atoms with Gasteiger partial charge in [-0.15, -0.1) is 0 Å². The summed E-state index contributed by atoms with van der Waals surface area (Å²) in [6.45, 7) is 1.44. The number of pyridine rings is 1. The molecule has 1 saturated heterocycles. The topological polar surface area (TPSA) is 121 Å². The van der Waals surface area contributed by atoms with Crippen molar-refractivity contribution in [1.29, 1.82) is 0 Å². The van der Waals surface area contributed by atoms with Crippen molar-refractivity contribution in [3.8, 4) is 0 Å². The standard InChI is InChI=1S/C30H32F2N6O3/c31-22-15-21(16-23(32)18-22)30(41)38-13-11-37(12-14-38)27-6-1-20(29(40)35-25-4-2-24(33)3-5-25)17-26(27)36-28(39)19-7-9-34-10-8-19/h1,6-10,15-18,24-25H,2-5,11-14,33H2,(H,35,40)(H,36,39). The van der Waals surface area contributed by atoms with Crippen LogP contribution in [0.25, 0.3) is 0 Å². The van der Waals surface area contributed by atoms with Gasteiger partial charge >= 0.3 is 0 Å². The van der Waals surface area contributed by atoms with Crippen LogP contribution in [0.4, 0.5) is 20.2 Å². The fraction of sp³-hybridized carbons (Fsp3) is 0.333. The second-order valence-electron chi connectivity index (χ2n) is 10.4. The van der Waals surface area contributed by atoms with Crippen molar-refractivity contribution in [3.63, 3.8) is 0 Å². The molecule has 2 aromatic carbocycles. The highest BCUT2D eigenvalue weighted by Crippen LogP contribution is 2.30. The van der Waals surface area contributed by atoms with Gasteiger partial charge < -0.3 is 26.2 Å². The molecule has 9 nitrogen and oxygen atoms in total. The molecule has 5 rings (SSSR count). The van der Waals surface area contributed by atoms with E-state index in [-0.39, 0.29) is 29.5 Å². The molecule has 214 valence electrons. The van der Waals surface area contributed by atoms with E-state index in [9.17, 15) is 23.2 Å². The van der Waals surface area contributed by atoms with Gasteiger partial charge in [-0.25, -0.2) is 8.78 Å². The number of nitrogens with one attached hydrogen (secondary N) is 2. The molecule has 1 aromatic heterocycles. The summed E-state index contributed by atoms with van der Waals surface area (Å²) in [5, 5.41) is 6.01. The molecule has 1 aliphatic heterocycles. The molecule has 1 saturated carbocycles. The first-order valence-electron chi connectivity index (χ1n) is 13.7. The number of benzene rings is 2. The Labute approximate surface area is 236 Å². The zero-order valence-corrected chi connectivity index (χ0v) is 22.5. The Balaban J connectivity index is 1.33. The van der Waals surface area contributed by atoms with Crippen LogP contribution in [0.15, 0.2) is 60.9 Å². The molecular weight excluding hydrogens is 530 g/mol. The highest BCUT2D eigenvalue weighted by Gasteiger charge is 2.26. The Hall–Kier alpha value is -4.38. The molecule has 3 aromatic rings. The van der Waals surface area contributed by atoms with Crippen LogP contribution in [0.1, 0.15) is 56.8 Å². The molecule has 0 bridgehead atoms. The summed E-state index contributed by atoms with van der Waals surface area (Å²) in [6.07, 6.45) is 6.41. The predicted octanol–water partition coefficient (Wildman–Crippen LogP) is 3.57. The first kappa shape index (κ1) is 28.2. The molecular formula is C30H32F2N6O3. The van der Waals surface area contributed by atoms with Crippen molar-refractivity contribution < 1.29 is 23.2 Å². The fourth-order valence-corrected chi connectivity index (χ4v) is 5.29. The van der Waals surface area contributed by atoms with Crippen LogP contribution in [0.5, 0.6) is 0 Å². The van der Waals surface area contributed by atoms with Gasteiger partial charge in [0.15, 0.2) is 0 Å². The number of anilines is 2. The lowest BCUT2D eigenvalue weighted by Crippen LogP contribution is -2.49. The summed E-state index contributed by atoms with van der Waals surface area (Å²) in [4.78, 5) is 46.5. The molecule has 1 aliphatic carbocycles. The van der Waals surface area contributed by atoms with Crippen molar-refractivity contribution in [2.24, 2.45) is 5.73 Å². The number of hydrogen-bond acceptors (Lipinski definition) is 6. The largest absolute Gasteiger partial charge is 0.366 e. The van der Waals surface area contributed by atoms with Crippen LogP contribution in [-0.2, 0) is 0 Å². The monoisotopic (exact) mass is 562 g/mol. The Kier molecular flexibility index (Phi) is 8.53. The van der Waals surface area contributed by atoms with Gasteiger partial charge in [-0.2, -0.15) is 0 Å². The molecule has 2 heterocycles. The van der Waals surface area contributed by atoms with Gasteiger partial charge in [0.1, 0.15) is 11.6 Å². The summed E-state index contributed by atoms with van der Waals surface area (Å²) >= 11 is 0. The third-order valence-electron chi connectivity index (χ3n) is 7.57. The van der Waals surface area contributed by atoms with Crippen molar-refractivity contribution in [2.45, 2.75) is 37.8 Å². The summed E-state index contributed by atoms with van der Waals surface area (Å²) in [5.74, 6) is -2.65. The van der Waals surface area contributed by atoms with E-state index in [1.165, 1.54) is 17.3 Å². The predicted molar refractivity (Wildman–Crippen MR) is 151 cm³/mol. The van der Waals surface area contributed by atoms with Crippen molar-refractivity contribution in [3.05, 3.63) is 89.2 Å². The molecule has 0 atom stereocenters. The van der Waals surface area contributed by atoms with E-state index in [0.717, 1.165) is 43.9 Å². The number of halogens is 2. The van der Waals surface area contributed by atoms with Crippen molar-refractivity contribution in [1.82, 2.24) is 15.2 Å². The van der Waals surface area contributed by atoms with Gasteiger partial charge in [0.05, 0.1) is 11.4 Å². The number of nitrogens with zero attached hydrogens (tertiary/aromatic N) is 3. The van der Waals surface area contributed by atoms with Gasteiger partial charge in [0, 0.05) is 73.4 Å². The van der Waals surface area contributed by atoms with Crippen LogP contribution >= 0.6 is 0 Å². The molecule has 3 amide bonds. The molecule has 4 N–H and O–H groups in total. The van der Waals surface area contributed by atoms with E-state index in [4.69, 9.17) is 5.73 Å². The van der Waals surface area contributed by atoms with Crippen molar-refractivity contribution in [2.75, 3.05) is 36.4 Å². The fourth-order valence-electron chi connectivity index (χ4n) is 5.29. The van der Waals surface area contributed by atoms with Gasteiger partial charge in [0.25, 0.3) is 17.7 Å². The number of rotatable bonds is 6. The lowest BCUT2D eigenvalue weighted by atomic mass is 9.91. The quantitative estimate of drug-likeness (QED) is 0.423. The summed E-state index contributed by atoms with van der Waals surface area (Å²) in [5.41, 5.74) is 7.92. The van der Waals surface area contributed by atoms with E-state index in [1.54, 1.807) is 30.3 Å². The number of nitrogens with two attached hydrogens (primary N) is 1. The van der Waals surface area contributed by atoms with Crippen LogP contribution in [0.2, 0.25) is 0 Å². The maximum Gasteiger partial charge on any atom is 0.255 e. The van der Waals surface area contributed by atoms with Crippen molar-refractivity contribution >= 4 is 29.1 Å². The maximum absolute atomic E-state index is 13.7. The van der Waals surface area contributed by atoms with Crippen LogP contribution in [0, 0.1) is 11.6 Å². The second-order valence-corrected chi connectivity index (χ2v) is 10.4. The molecule has 0 unspecified atom stereocenters. The molecule has 2 fully saturated rings. The Morgan fingerprint density at radius 1 is 0.780 bits per heavy atom. The van der Waals surface area contributed by atoms with E-state index in [0.29, 0.717) is 48.7 Å². The van der Waals surface area contributed by atoms with E-state index < -0.39 is 17.5 Å². The molecule has 41 heavy (non-hydrogen) atoms. The SMILES string of the molecule is NC1CCC(NC(=O)c2ccc(N3CCN(C(=O)c4cc(F)cc(F)c4)CC3)c(NC(=O)c3ccncc3)c2)CC1. The minimum Gasteiger partial charge on any atom is -0.366 e. The first-order valence-corrected chi connectivity index (χ1v) is 13.7. The van der Waals surface area contributed by atoms with E-state index >= 15 is 0 Å². The summed E-state index contributed by atoms with van der Waals surface area (Å²) < 4.78 is 27.3. The van der Waals surface area contributed by atoms with Crippen LogP contribution < -0.4 is 21.3 Å². The van der Waals surface area contributed by atoms with Gasteiger partial charge in [-0.05, 0) is 68.1 Å². The number of hydrogen-bond donors (Lipinski definition) is 3. The lowest BCUT2D eigenvalue weighted by Gasteiger charge is -2.37. The number of piperazine rings is 1. The lowest BCUT2D eigenvalue weighted by molar-refractivity contribution is 0.0745. The number of aromatic nitrogens is 1. The normalized spacial score (nSPS) is 19.0. The maximum atomic E-state index is 13.7. The molecule has 2 aliphatic rings. The number of carbonyl (C=O) groups excluding carboxylic acids is 3. The third kappa shape index (κ3) is 6.86. The number of amides is 3. The third-order valence-corrected chi connectivity index (χ3v) is 7.57. The Morgan fingerprint density at radius 3 is 2.10 bits per heavy atom. The van der Waals surface area contributed by atoms with Gasteiger partial charge in [-0.1, -0.05) is 0 Å². The molecule has 11 heteroatoms. The average Bonchev–Trinajstić information content (AvgIpc) is 2.98. The Bertz CT molecular complexity index is 1400. The summed E-state index contributed by atoms with van der Waals surface area (Å²) in [6, 6.07) is 11.3. The van der Waals surface area contributed by atoms with Crippen LogP contribution in [-0.4, -0.2) is 65.9 Å². The first-order chi connectivity index (χ1) is 19.8. The van der Waals surface area contributed by atoms with Gasteiger partial charge in [0.2, 0.25) is 0 Å². The zero-order chi connectivity index (χ0) is 28.9. The second kappa shape index (κ2) is 12.4. The molecule has 0 spiro atoms. The highest BCUT2D eigenvalue weighted by atomic mass is 19.1. The Morgan fingerprint density at radius 2 is 1.44 bits per heavy atom.